The number of rotatable bonds is 7. The van der Waals surface area contributed by atoms with Crippen molar-refractivity contribution in [2.45, 2.75) is 64.6 Å². The Balaban J connectivity index is 1.71. The predicted molar refractivity (Wildman–Crippen MR) is 128 cm³/mol. The minimum absolute atomic E-state index is 0.117. The van der Waals surface area contributed by atoms with Gasteiger partial charge in [-0.15, -0.1) is 0 Å². The SMILES string of the molecule is CCn1c(N)c(NC(=O)/C=C/c2ccc(OC3CCC(F)(F)CC3)c(Cl)c2)c(=O)n(CC)c1=O. The van der Waals surface area contributed by atoms with Gasteiger partial charge in [-0.05, 0) is 50.5 Å². The average molecular weight is 497 g/mol. The number of ether oxygens (including phenoxy) is 1. The minimum atomic E-state index is -2.64. The smallest absolute Gasteiger partial charge is 0.332 e. The zero-order chi connectivity index (χ0) is 25.0. The molecule has 0 aliphatic heterocycles. The number of hydrogen-bond acceptors (Lipinski definition) is 5. The fourth-order valence-corrected chi connectivity index (χ4v) is 4.01. The number of alkyl halides is 2. The van der Waals surface area contributed by atoms with Crippen molar-refractivity contribution in [1.82, 2.24) is 9.13 Å². The molecule has 1 aliphatic rings. The number of benzene rings is 1. The number of nitrogens with zero attached hydrogens (tertiary/aromatic N) is 2. The normalized spacial score (nSPS) is 16.0. The van der Waals surface area contributed by atoms with Gasteiger partial charge in [0.2, 0.25) is 11.8 Å². The molecule has 1 fully saturated rings. The number of nitrogens with one attached hydrogen (secondary N) is 1. The van der Waals surface area contributed by atoms with E-state index in [1.54, 1.807) is 32.0 Å². The van der Waals surface area contributed by atoms with E-state index in [-0.39, 0.29) is 61.4 Å². The maximum Gasteiger partial charge on any atom is 0.332 e. The Morgan fingerprint density at radius 1 is 1.24 bits per heavy atom. The predicted octanol–water partition coefficient (Wildman–Crippen LogP) is 3.89. The molecule has 2 aromatic rings. The highest BCUT2D eigenvalue weighted by Gasteiger charge is 2.35. The van der Waals surface area contributed by atoms with Gasteiger partial charge in [0, 0.05) is 32.0 Å². The van der Waals surface area contributed by atoms with Crippen LogP contribution in [0.2, 0.25) is 5.02 Å². The lowest BCUT2D eigenvalue weighted by atomic mass is 9.94. The molecule has 0 unspecified atom stereocenters. The third-order valence-corrected chi connectivity index (χ3v) is 5.98. The molecule has 0 spiro atoms. The molecular formula is C23H27ClF2N4O4. The number of carbonyl (C=O) groups is 1. The highest BCUT2D eigenvalue weighted by atomic mass is 35.5. The monoisotopic (exact) mass is 496 g/mol. The van der Waals surface area contributed by atoms with E-state index in [1.807, 2.05) is 0 Å². The van der Waals surface area contributed by atoms with E-state index >= 15 is 0 Å². The Bertz CT molecular complexity index is 1210. The second-order valence-corrected chi connectivity index (χ2v) is 8.43. The van der Waals surface area contributed by atoms with Gasteiger partial charge in [0.05, 0.1) is 11.1 Å². The van der Waals surface area contributed by atoms with E-state index in [9.17, 15) is 23.2 Å². The van der Waals surface area contributed by atoms with Crippen molar-refractivity contribution in [1.29, 1.82) is 0 Å². The summed E-state index contributed by atoms with van der Waals surface area (Å²) in [6, 6.07) is 4.85. The Morgan fingerprint density at radius 2 is 1.88 bits per heavy atom. The highest BCUT2D eigenvalue weighted by molar-refractivity contribution is 6.32. The number of nitrogen functional groups attached to an aromatic ring is 1. The molecule has 3 N–H and O–H groups in total. The van der Waals surface area contributed by atoms with Crippen molar-refractivity contribution in [3.8, 4) is 5.75 Å². The molecule has 184 valence electrons. The van der Waals surface area contributed by atoms with Crippen LogP contribution in [0.3, 0.4) is 0 Å². The van der Waals surface area contributed by atoms with Gasteiger partial charge < -0.3 is 15.8 Å². The zero-order valence-corrected chi connectivity index (χ0v) is 19.7. The molecule has 0 radical (unpaired) electrons. The molecule has 11 heteroatoms. The largest absolute Gasteiger partial charge is 0.489 e. The standard InChI is InChI=1S/C23H27ClF2N4O4/c1-3-29-20(27)19(21(32)30(4-2)22(29)33)28-18(31)8-6-14-5-7-17(16(24)13-14)34-15-9-11-23(25,26)12-10-15/h5-8,13,15H,3-4,9-12,27H2,1-2H3,(H,28,31)/b8-6+. The van der Waals surface area contributed by atoms with Gasteiger partial charge in [-0.1, -0.05) is 17.7 Å². The minimum Gasteiger partial charge on any atom is -0.489 e. The Hall–Kier alpha value is -3.14. The quantitative estimate of drug-likeness (QED) is 0.565. The summed E-state index contributed by atoms with van der Waals surface area (Å²) in [7, 11) is 0. The van der Waals surface area contributed by atoms with Gasteiger partial charge >= 0.3 is 5.69 Å². The lowest BCUT2D eigenvalue weighted by molar-refractivity contribution is -0.111. The molecule has 1 heterocycles. The van der Waals surface area contributed by atoms with E-state index < -0.39 is 23.1 Å². The van der Waals surface area contributed by atoms with Crippen LogP contribution in [0.15, 0.2) is 33.9 Å². The van der Waals surface area contributed by atoms with Gasteiger partial charge in [-0.2, -0.15) is 0 Å². The maximum absolute atomic E-state index is 13.3. The molecule has 1 aromatic carbocycles. The molecule has 34 heavy (non-hydrogen) atoms. The average Bonchev–Trinajstić information content (AvgIpc) is 2.79. The second-order valence-electron chi connectivity index (χ2n) is 8.02. The summed E-state index contributed by atoms with van der Waals surface area (Å²) in [5.74, 6) is -2.99. The van der Waals surface area contributed by atoms with Crippen LogP contribution in [0, 0.1) is 0 Å². The molecule has 1 amide bonds. The van der Waals surface area contributed by atoms with Gasteiger partial charge in [0.25, 0.3) is 5.56 Å². The Kier molecular flexibility index (Phi) is 7.81. The summed E-state index contributed by atoms with van der Waals surface area (Å²) >= 11 is 6.27. The maximum atomic E-state index is 13.3. The molecule has 1 aliphatic carbocycles. The van der Waals surface area contributed by atoms with Crippen LogP contribution in [-0.2, 0) is 17.9 Å². The van der Waals surface area contributed by atoms with Crippen molar-refractivity contribution in [2.75, 3.05) is 11.1 Å². The molecule has 1 saturated carbocycles. The van der Waals surface area contributed by atoms with E-state index in [1.165, 1.54) is 16.7 Å². The van der Waals surface area contributed by atoms with Crippen LogP contribution in [0.25, 0.3) is 6.08 Å². The molecular weight excluding hydrogens is 470 g/mol. The van der Waals surface area contributed by atoms with Crippen LogP contribution < -0.4 is 27.0 Å². The number of halogens is 3. The van der Waals surface area contributed by atoms with Crippen molar-refractivity contribution >= 4 is 35.1 Å². The zero-order valence-electron chi connectivity index (χ0n) is 18.9. The summed E-state index contributed by atoms with van der Waals surface area (Å²) in [4.78, 5) is 37.3. The first-order valence-electron chi connectivity index (χ1n) is 11.0. The van der Waals surface area contributed by atoms with Crippen molar-refractivity contribution < 1.29 is 18.3 Å². The summed E-state index contributed by atoms with van der Waals surface area (Å²) in [6.45, 7) is 3.71. The summed E-state index contributed by atoms with van der Waals surface area (Å²) in [6.07, 6.45) is 2.43. The topological polar surface area (TPSA) is 108 Å². The first-order chi connectivity index (χ1) is 16.1. The van der Waals surface area contributed by atoms with E-state index in [4.69, 9.17) is 22.1 Å². The van der Waals surface area contributed by atoms with Crippen LogP contribution in [0.1, 0.15) is 45.1 Å². The van der Waals surface area contributed by atoms with Gasteiger partial charge in [0.15, 0.2) is 0 Å². The van der Waals surface area contributed by atoms with Crippen LogP contribution in [0.5, 0.6) is 5.75 Å². The molecule has 3 rings (SSSR count). The third-order valence-electron chi connectivity index (χ3n) is 5.69. The fraction of sp³-hybridized carbons (Fsp3) is 0.435. The van der Waals surface area contributed by atoms with Crippen LogP contribution >= 0.6 is 11.6 Å². The summed E-state index contributed by atoms with van der Waals surface area (Å²) in [5.41, 5.74) is 5.13. The molecule has 1 aromatic heterocycles. The lowest BCUT2D eigenvalue weighted by Gasteiger charge is -2.28. The van der Waals surface area contributed by atoms with Gasteiger partial charge in [-0.25, -0.2) is 13.6 Å². The number of carbonyl (C=O) groups excluding carboxylic acids is 1. The Labute approximate surface area is 200 Å². The highest BCUT2D eigenvalue weighted by Crippen LogP contribution is 2.36. The first-order valence-corrected chi connectivity index (χ1v) is 11.4. The van der Waals surface area contributed by atoms with Crippen LogP contribution in [0.4, 0.5) is 20.3 Å². The third kappa shape index (κ3) is 5.67. The number of nitrogens with two attached hydrogens (primary N) is 1. The summed E-state index contributed by atoms with van der Waals surface area (Å²) in [5, 5.41) is 2.73. The number of amides is 1. The van der Waals surface area contributed by atoms with E-state index in [0.29, 0.717) is 11.3 Å². The number of anilines is 2. The fourth-order valence-electron chi connectivity index (χ4n) is 3.78. The lowest BCUT2D eigenvalue weighted by Crippen LogP contribution is -2.42. The van der Waals surface area contributed by atoms with Gasteiger partial charge in [-0.3, -0.25) is 18.7 Å². The van der Waals surface area contributed by atoms with E-state index in [2.05, 4.69) is 5.32 Å². The van der Waals surface area contributed by atoms with Crippen molar-refractivity contribution in [3.63, 3.8) is 0 Å². The van der Waals surface area contributed by atoms with Gasteiger partial charge in [0.1, 0.15) is 17.3 Å². The number of hydrogen-bond donors (Lipinski definition) is 2. The second kappa shape index (κ2) is 10.4. The molecule has 8 nitrogen and oxygen atoms in total. The van der Waals surface area contributed by atoms with Crippen LogP contribution in [-0.4, -0.2) is 27.1 Å². The Morgan fingerprint density at radius 3 is 2.47 bits per heavy atom. The molecule has 0 atom stereocenters. The summed E-state index contributed by atoms with van der Waals surface area (Å²) < 4.78 is 34.6. The molecule has 0 bridgehead atoms. The molecule has 0 saturated heterocycles. The first kappa shape index (κ1) is 25.5. The van der Waals surface area contributed by atoms with Crippen molar-refractivity contribution in [3.05, 3.63) is 55.7 Å². The number of aromatic nitrogens is 2. The van der Waals surface area contributed by atoms with E-state index in [0.717, 1.165) is 4.57 Å². The van der Waals surface area contributed by atoms with Crippen molar-refractivity contribution in [2.24, 2.45) is 0 Å².